The molecule has 5 aromatic rings. The molecule has 5 rings (SSSR count). The van der Waals surface area contributed by atoms with Gasteiger partial charge in [-0.05, 0) is 34.2 Å². The molecule has 38 heavy (non-hydrogen) atoms. The maximum atomic E-state index is 13.6. The first-order valence-corrected chi connectivity index (χ1v) is 13.1. The van der Waals surface area contributed by atoms with E-state index in [4.69, 9.17) is 4.98 Å². The van der Waals surface area contributed by atoms with E-state index in [0.29, 0.717) is 43.0 Å². The lowest BCUT2D eigenvalue weighted by molar-refractivity contribution is 0.473. The van der Waals surface area contributed by atoms with Gasteiger partial charge in [-0.25, -0.2) is 9.78 Å². The zero-order chi connectivity index (χ0) is 26.8. The Balaban J connectivity index is 1.58. The smallest absolute Gasteiger partial charge is 0.318 e. The molecular weight excluding hydrogens is 480 g/mol. The van der Waals surface area contributed by atoms with Crippen molar-refractivity contribution in [2.45, 2.75) is 60.2 Å². The summed E-state index contributed by atoms with van der Waals surface area (Å²) in [5.41, 5.74) is 4.36. The van der Waals surface area contributed by atoms with Crippen LogP contribution in [0.2, 0.25) is 0 Å². The highest BCUT2D eigenvalue weighted by atomic mass is 16.2. The van der Waals surface area contributed by atoms with Crippen molar-refractivity contribution in [3.63, 3.8) is 0 Å². The summed E-state index contributed by atoms with van der Waals surface area (Å²) in [5, 5.41) is 14.5. The molecule has 196 valence electrons. The van der Waals surface area contributed by atoms with Gasteiger partial charge in [0.25, 0.3) is 5.56 Å². The van der Waals surface area contributed by atoms with Gasteiger partial charge in [0.05, 0.1) is 0 Å². The minimum Gasteiger partial charge on any atom is -0.318 e. The first-order chi connectivity index (χ1) is 18.4. The van der Waals surface area contributed by atoms with Crippen LogP contribution < -0.4 is 11.2 Å². The molecule has 3 heterocycles. The fourth-order valence-corrected chi connectivity index (χ4v) is 4.91. The van der Waals surface area contributed by atoms with Crippen molar-refractivity contribution in [3.05, 3.63) is 80.8 Å². The summed E-state index contributed by atoms with van der Waals surface area (Å²) in [5.74, 6) is 1.49. The first-order valence-electron chi connectivity index (χ1n) is 13.1. The maximum Gasteiger partial charge on any atom is 0.332 e. The number of nitrogens with zero attached hydrogens (tertiary/aromatic N) is 7. The SMILES string of the molecule is CCCn1c(=O)n(CC(C)C)c(=O)c2c1nc(CC)n2Cc1ccc(-c2ccccc2-c2nn[nH]n2)cc1. The summed E-state index contributed by atoms with van der Waals surface area (Å²) >= 11 is 0. The Hall–Kier alpha value is -4.34. The second-order valence-corrected chi connectivity index (χ2v) is 9.86. The number of fused-ring (bicyclic) bond motifs is 1. The Kier molecular flexibility index (Phi) is 7.04. The van der Waals surface area contributed by atoms with E-state index in [9.17, 15) is 9.59 Å². The standard InChI is InChI=1S/C28H32N8O2/c1-5-15-34-26-24(27(37)36(28(34)38)16-18(3)4)35(23(6-2)29-26)17-19-11-13-20(14-12-19)21-9-7-8-10-22(21)25-30-32-33-31-25/h7-14,18H,5-6,15-17H2,1-4H3,(H,30,31,32,33). The van der Waals surface area contributed by atoms with Gasteiger partial charge in [0.15, 0.2) is 11.2 Å². The van der Waals surface area contributed by atoms with Crippen LogP contribution in [0.5, 0.6) is 0 Å². The van der Waals surface area contributed by atoms with Gasteiger partial charge in [0, 0.05) is 31.6 Å². The molecule has 0 amide bonds. The van der Waals surface area contributed by atoms with Gasteiger partial charge in [0.2, 0.25) is 5.82 Å². The molecule has 0 saturated carbocycles. The van der Waals surface area contributed by atoms with E-state index in [-0.39, 0.29) is 17.2 Å². The van der Waals surface area contributed by atoms with Crippen LogP contribution in [-0.2, 0) is 26.1 Å². The number of hydrogen-bond donors (Lipinski definition) is 1. The number of aromatic nitrogens is 8. The molecular formula is C28H32N8O2. The van der Waals surface area contributed by atoms with E-state index in [2.05, 4.69) is 44.9 Å². The lowest BCUT2D eigenvalue weighted by Gasteiger charge is -2.14. The monoisotopic (exact) mass is 512 g/mol. The van der Waals surface area contributed by atoms with Gasteiger partial charge in [-0.2, -0.15) is 5.21 Å². The Bertz CT molecular complexity index is 1680. The lowest BCUT2D eigenvalue weighted by Crippen LogP contribution is -2.41. The average molecular weight is 513 g/mol. The quantitative estimate of drug-likeness (QED) is 0.320. The molecule has 10 nitrogen and oxygen atoms in total. The summed E-state index contributed by atoms with van der Waals surface area (Å²) in [6, 6.07) is 16.2. The Morgan fingerprint density at radius 1 is 0.921 bits per heavy atom. The summed E-state index contributed by atoms with van der Waals surface area (Å²) in [6.07, 6.45) is 1.42. The zero-order valence-electron chi connectivity index (χ0n) is 22.2. The summed E-state index contributed by atoms with van der Waals surface area (Å²) in [4.78, 5) is 31.7. The highest BCUT2D eigenvalue weighted by Crippen LogP contribution is 2.30. The van der Waals surface area contributed by atoms with Crippen LogP contribution in [0.1, 0.15) is 45.5 Å². The summed E-state index contributed by atoms with van der Waals surface area (Å²) in [7, 11) is 0. The van der Waals surface area contributed by atoms with Crippen LogP contribution in [-0.4, -0.2) is 39.3 Å². The van der Waals surface area contributed by atoms with Crippen LogP contribution >= 0.6 is 0 Å². The number of imidazole rings is 1. The highest BCUT2D eigenvalue weighted by Gasteiger charge is 2.21. The number of hydrogen-bond acceptors (Lipinski definition) is 6. The van der Waals surface area contributed by atoms with Crippen molar-refractivity contribution in [3.8, 4) is 22.5 Å². The summed E-state index contributed by atoms with van der Waals surface area (Å²) < 4.78 is 5.01. The van der Waals surface area contributed by atoms with Gasteiger partial charge in [-0.1, -0.05) is 76.2 Å². The Labute approximate surface area is 220 Å². The van der Waals surface area contributed by atoms with Gasteiger partial charge in [0.1, 0.15) is 5.82 Å². The third kappa shape index (κ3) is 4.57. The highest BCUT2D eigenvalue weighted by molar-refractivity contribution is 5.80. The van der Waals surface area contributed by atoms with Crippen molar-refractivity contribution < 1.29 is 0 Å². The molecule has 0 unspecified atom stereocenters. The third-order valence-corrected chi connectivity index (χ3v) is 6.62. The van der Waals surface area contributed by atoms with E-state index in [1.54, 1.807) is 4.57 Å². The Morgan fingerprint density at radius 3 is 2.29 bits per heavy atom. The van der Waals surface area contributed by atoms with Gasteiger partial charge in [-0.3, -0.25) is 13.9 Å². The lowest BCUT2D eigenvalue weighted by atomic mass is 9.98. The number of aryl methyl sites for hydroxylation is 2. The molecule has 0 saturated heterocycles. The van der Waals surface area contributed by atoms with Crippen LogP contribution in [0.3, 0.4) is 0 Å². The molecule has 0 aliphatic carbocycles. The van der Waals surface area contributed by atoms with Crippen molar-refractivity contribution in [2.24, 2.45) is 5.92 Å². The average Bonchev–Trinajstić information content (AvgIpc) is 3.58. The van der Waals surface area contributed by atoms with Crippen LogP contribution in [0.4, 0.5) is 0 Å². The first kappa shape index (κ1) is 25.3. The van der Waals surface area contributed by atoms with E-state index >= 15 is 0 Å². The second kappa shape index (κ2) is 10.6. The van der Waals surface area contributed by atoms with E-state index in [0.717, 1.165) is 34.5 Å². The fraction of sp³-hybridized carbons (Fsp3) is 0.357. The zero-order valence-corrected chi connectivity index (χ0v) is 22.2. The van der Waals surface area contributed by atoms with Crippen molar-refractivity contribution in [2.75, 3.05) is 0 Å². The largest absolute Gasteiger partial charge is 0.332 e. The predicted octanol–water partition coefficient (Wildman–Crippen LogP) is 3.88. The second-order valence-electron chi connectivity index (χ2n) is 9.86. The van der Waals surface area contributed by atoms with Crippen LogP contribution in [0.25, 0.3) is 33.7 Å². The van der Waals surface area contributed by atoms with Gasteiger partial charge < -0.3 is 4.57 Å². The molecule has 0 atom stereocenters. The number of benzene rings is 2. The molecule has 10 heteroatoms. The predicted molar refractivity (Wildman–Crippen MR) is 147 cm³/mol. The molecule has 3 aromatic heterocycles. The van der Waals surface area contributed by atoms with Crippen LogP contribution in [0, 0.1) is 5.92 Å². The van der Waals surface area contributed by atoms with Crippen LogP contribution in [0.15, 0.2) is 58.1 Å². The number of tetrazole rings is 1. The molecule has 2 aromatic carbocycles. The molecule has 0 bridgehead atoms. The topological polar surface area (TPSA) is 116 Å². The molecule has 1 N–H and O–H groups in total. The van der Waals surface area contributed by atoms with E-state index in [1.165, 1.54) is 4.57 Å². The van der Waals surface area contributed by atoms with E-state index < -0.39 is 0 Å². The number of H-pyrrole nitrogens is 1. The minimum absolute atomic E-state index is 0.165. The fourth-order valence-electron chi connectivity index (χ4n) is 4.91. The van der Waals surface area contributed by atoms with Crippen molar-refractivity contribution in [1.29, 1.82) is 0 Å². The summed E-state index contributed by atoms with van der Waals surface area (Å²) in [6.45, 7) is 9.42. The molecule has 0 radical (unpaired) electrons. The minimum atomic E-state index is -0.282. The van der Waals surface area contributed by atoms with Crippen molar-refractivity contribution >= 4 is 11.2 Å². The third-order valence-electron chi connectivity index (χ3n) is 6.62. The molecule has 0 fully saturated rings. The van der Waals surface area contributed by atoms with Crippen molar-refractivity contribution in [1.82, 2.24) is 39.3 Å². The van der Waals surface area contributed by atoms with E-state index in [1.807, 2.05) is 56.5 Å². The Morgan fingerprint density at radius 2 is 1.66 bits per heavy atom. The molecule has 0 spiro atoms. The molecule has 0 aliphatic rings. The normalized spacial score (nSPS) is 11.6. The van der Waals surface area contributed by atoms with Gasteiger partial charge >= 0.3 is 5.69 Å². The molecule has 0 aliphatic heterocycles. The van der Waals surface area contributed by atoms with Gasteiger partial charge in [-0.15, -0.1) is 10.2 Å². The number of nitrogens with one attached hydrogen (secondary N) is 1. The number of rotatable bonds is 9. The number of aromatic amines is 1. The maximum absolute atomic E-state index is 13.6.